The van der Waals surface area contributed by atoms with Crippen LogP contribution in [-0.4, -0.2) is 33.8 Å². The van der Waals surface area contributed by atoms with Gasteiger partial charge in [0.1, 0.15) is 0 Å². The minimum Gasteiger partial charge on any atom is -0.493 e. The molecule has 160 valence electrons. The summed E-state index contributed by atoms with van der Waals surface area (Å²) in [6.45, 7) is 4.06. The molecule has 0 aromatic heterocycles. The first-order valence-corrected chi connectivity index (χ1v) is 10.3. The van der Waals surface area contributed by atoms with E-state index < -0.39 is 0 Å². The number of fused-ring (bicyclic) bond motifs is 3. The lowest BCUT2D eigenvalue weighted by atomic mass is 9.81. The van der Waals surface area contributed by atoms with Gasteiger partial charge in [0.2, 0.25) is 11.7 Å². The number of rotatable bonds is 6. The molecule has 0 saturated carbocycles. The van der Waals surface area contributed by atoms with Gasteiger partial charge in [-0.3, -0.25) is 4.79 Å². The van der Waals surface area contributed by atoms with Crippen molar-refractivity contribution in [2.24, 2.45) is 0 Å². The van der Waals surface area contributed by atoms with E-state index in [0.29, 0.717) is 28.7 Å². The highest BCUT2D eigenvalue weighted by Gasteiger charge is 2.34. The molecule has 0 radical (unpaired) electrons. The molecule has 0 fully saturated rings. The summed E-state index contributed by atoms with van der Waals surface area (Å²) < 4.78 is 16.6. The van der Waals surface area contributed by atoms with Crippen LogP contribution in [0.3, 0.4) is 0 Å². The number of carbonyl (C=O) groups excluding carboxylic acids is 1. The Hall–Kier alpha value is -3.18. The van der Waals surface area contributed by atoms with Gasteiger partial charge < -0.3 is 19.1 Å². The summed E-state index contributed by atoms with van der Waals surface area (Å²) in [5.74, 6) is 1.45. The Morgan fingerprint density at radius 2 is 1.74 bits per heavy atom. The van der Waals surface area contributed by atoms with Crippen LogP contribution in [-0.2, 0) is 4.79 Å². The lowest BCUT2D eigenvalue weighted by Crippen LogP contribution is -2.37. The molecule has 1 unspecified atom stereocenters. The molecule has 0 aliphatic carbocycles. The highest BCUT2D eigenvalue weighted by Crippen LogP contribution is 2.48. The van der Waals surface area contributed by atoms with Crippen molar-refractivity contribution in [1.29, 1.82) is 0 Å². The summed E-state index contributed by atoms with van der Waals surface area (Å²) in [5.41, 5.74) is 2.84. The Balaban J connectivity index is 1.97. The fourth-order valence-corrected chi connectivity index (χ4v) is 4.46. The summed E-state index contributed by atoms with van der Waals surface area (Å²) in [6, 6.07) is 16.0. The molecule has 0 bridgehead atoms. The quantitative estimate of drug-likeness (QED) is 0.511. The summed E-state index contributed by atoms with van der Waals surface area (Å²) in [4.78, 5) is 14.9. The van der Waals surface area contributed by atoms with Crippen LogP contribution < -0.4 is 19.1 Å². The highest BCUT2D eigenvalue weighted by molar-refractivity contribution is 6.30. The summed E-state index contributed by atoms with van der Waals surface area (Å²) in [7, 11) is 4.75. The number of halogens is 1. The van der Waals surface area contributed by atoms with Gasteiger partial charge in [-0.15, -0.1) is 0 Å². The van der Waals surface area contributed by atoms with Crippen molar-refractivity contribution >= 4 is 34.0 Å². The van der Waals surface area contributed by atoms with Crippen molar-refractivity contribution in [1.82, 2.24) is 0 Å². The molecular weight excluding hydrogens is 414 g/mol. The number of benzene rings is 3. The van der Waals surface area contributed by atoms with Crippen LogP contribution >= 0.6 is 11.6 Å². The molecule has 0 spiro atoms. The number of hydrogen-bond donors (Lipinski definition) is 0. The summed E-state index contributed by atoms with van der Waals surface area (Å²) in [5, 5.41) is 2.62. The second-order valence-electron chi connectivity index (χ2n) is 7.43. The van der Waals surface area contributed by atoms with Gasteiger partial charge in [-0.25, -0.2) is 0 Å². The highest BCUT2D eigenvalue weighted by atomic mass is 35.5. The van der Waals surface area contributed by atoms with Gasteiger partial charge in [0.15, 0.2) is 11.5 Å². The van der Waals surface area contributed by atoms with Crippen molar-refractivity contribution in [3.05, 3.63) is 71.3 Å². The minimum atomic E-state index is -0.179. The second kappa shape index (κ2) is 8.52. The topological polar surface area (TPSA) is 48.0 Å². The molecule has 3 aromatic carbocycles. The Bertz CT molecular complexity index is 1150. The van der Waals surface area contributed by atoms with Crippen molar-refractivity contribution in [2.45, 2.75) is 12.3 Å². The van der Waals surface area contributed by atoms with Crippen LogP contribution in [0, 0.1) is 0 Å². The number of carbonyl (C=O) groups is 1. The average molecular weight is 438 g/mol. The van der Waals surface area contributed by atoms with Crippen LogP contribution in [0.4, 0.5) is 5.69 Å². The Morgan fingerprint density at radius 1 is 1.06 bits per heavy atom. The van der Waals surface area contributed by atoms with Crippen LogP contribution in [0.5, 0.6) is 17.2 Å². The van der Waals surface area contributed by atoms with E-state index in [1.165, 1.54) is 0 Å². The zero-order valence-corrected chi connectivity index (χ0v) is 18.5. The number of hydrogen-bond acceptors (Lipinski definition) is 4. The van der Waals surface area contributed by atoms with Crippen LogP contribution in [0.1, 0.15) is 23.5 Å². The predicted octanol–water partition coefficient (Wildman–Crippen LogP) is 5.49. The van der Waals surface area contributed by atoms with Crippen LogP contribution in [0.2, 0.25) is 0 Å². The maximum atomic E-state index is 13.2. The molecule has 31 heavy (non-hydrogen) atoms. The van der Waals surface area contributed by atoms with Gasteiger partial charge in [-0.1, -0.05) is 48.5 Å². The summed E-state index contributed by atoms with van der Waals surface area (Å²) >= 11 is 6.09. The number of ether oxygens (including phenoxy) is 3. The first kappa shape index (κ1) is 21.1. The van der Waals surface area contributed by atoms with E-state index in [-0.39, 0.29) is 18.4 Å². The lowest BCUT2D eigenvalue weighted by Gasteiger charge is -2.35. The minimum absolute atomic E-state index is 0.0108. The number of methoxy groups -OCH3 is 3. The molecule has 1 amide bonds. The Labute approximate surface area is 186 Å². The Morgan fingerprint density at radius 3 is 2.35 bits per heavy atom. The average Bonchev–Trinajstić information content (AvgIpc) is 2.78. The molecule has 1 heterocycles. The van der Waals surface area contributed by atoms with E-state index in [4.69, 9.17) is 25.8 Å². The number of anilines is 1. The van der Waals surface area contributed by atoms with E-state index in [0.717, 1.165) is 27.6 Å². The molecule has 0 N–H and O–H groups in total. The van der Waals surface area contributed by atoms with Gasteiger partial charge in [0.05, 0.1) is 27.9 Å². The first-order chi connectivity index (χ1) is 15.0. The van der Waals surface area contributed by atoms with E-state index in [9.17, 15) is 4.79 Å². The van der Waals surface area contributed by atoms with Crippen LogP contribution in [0.25, 0.3) is 10.8 Å². The monoisotopic (exact) mass is 437 g/mol. The van der Waals surface area contributed by atoms with E-state index in [2.05, 4.69) is 18.7 Å². The van der Waals surface area contributed by atoms with E-state index in [1.807, 2.05) is 36.4 Å². The molecule has 1 aliphatic rings. The Kier molecular flexibility index (Phi) is 5.79. The maximum absolute atomic E-state index is 13.2. The van der Waals surface area contributed by atoms with Gasteiger partial charge in [0, 0.05) is 23.1 Å². The van der Waals surface area contributed by atoms with Gasteiger partial charge in [-0.2, -0.15) is 0 Å². The second-order valence-corrected chi connectivity index (χ2v) is 7.97. The van der Waals surface area contributed by atoms with E-state index >= 15 is 0 Å². The van der Waals surface area contributed by atoms with Gasteiger partial charge in [0.25, 0.3) is 0 Å². The fourth-order valence-electron chi connectivity index (χ4n) is 4.34. The number of nitrogens with zero attached hydrogens (tertiary/aromatic N) is 1. The third kappa shape index (κ3) is 3.70. The molecule has 3 aromatic rings. The lowest BCUT2D eigenvalue weighted by molar-refractivity contribution is -0.119. The molecular formula is C25H24ClNO4. The van der Waals surface area contributed by atoms with Gasteiger partial charge in [-0.05, 0) is 40.1 Å². The smallest absolute Gasteiger partial charge is 0.228 e. The third-order valence-electron chi connectivity index (χ3n) is 5.69. The zero-order valence-electron chi connectivity index (χ0n) is 17.8. The zero-order chi connectivity index (χ0) is 22.1. The van der Waals surface area contributed by atoms with E-state index in [1.54, 1.807) is 26.2 Å². The fraction of sp³-hybridized carbons (Fsp3) is 0.240. The molecule has 1 atom stereocenters. The molecule has 1 aliphatic heterocycles. The molecule has 4 rings (SSSR count). The van der Waals surface area contributed by atoms with Crippen molar-refractivity contribution in [2.75, 3.05) is 32.8 Å². The molecule has 6 heteroatoms. The normalized spacial score (nSPS) is 15.5. The third-order valence-corrected chi connectivity index (χ3v) is 5.81. The summed E-state index contributed by atoms with van der Waals surface area (Å²) in [6.07, 6.45) is 0.295. The predicted molar refractivity (Wildman–Crippen MR) is 124 cm³/mol. The van der Waals surface area contributed by atoms with Crippen molar-refractivity contribution in [3.63, 3.8) is 0 Å². The maximum Gasteiger partial charge on any atom is 0.228 e. The molecule has 5 nitrogen and oxygen atoms in total. The van der Waals surface area contributed by atoms with Gasteiger partial charge >= 0.3 is 0 Å². The SMILES string of the molecule is C=C(Cl)CN1C(=O)CC(c2cc(OC)c(OC)c(OC)c2)c2c1ccc1ccccc21. The van der Waals surface area contributed by atoms with Crippen molar-refractivity contribution < 1.29 is 19.0 Å². The standard InChI is InChI=1S/C25H24ClNO4/c1-15(26)14-27-20-10-9-16-7-5-6-8-18(16)24(20)19(13-23(27)28)17-11-21(29-2)25(31-4)22(12-17)30-3/h5-12,19H,1,13-14H2,2-4H3. The van der Waals surface area contributed by atoms with Crippen LogP contribution in [0.15, 0.2) is 60.1 Å². The first-order valence-electron chi connectivity index (χ1n) is 9.93. The number of amides is 1. The van der Waals surface area contributed by atoms with Crippen molar-refractivity contribution in [3.8, 4) is 17.2 Å². The largest absolute Gasteiger partial charge is 0.493 e. The molecule has 0 saturated heterocycles.